The second-order valence-electron chi connectivity index (χ2n) is 4.72. The van der Waals surface area contributed by atoms with E-state index in [0.29, 0.717) is 22.2 Å². The summed E-state index contributed by atoms with van der Waals surface area (Å²) in [6.45, 7) is 2.20. The van der Waals surface area contributed by atoms with Crippen LogP contribution in [0.25, 0.3) is 0 Å². The van der Waals surface area contributed by atoms with Crippen molar-refractivity contribution in [1.29, 1.82) is 0 Å². The zero-order chi connectivity index (χ0) is 14.5. The molecule has 0 radical (unpaired) electrons. The predicted octanol–water partition coefficient (Wildman–Crippen LogP) is 4.28. The predicted molar refractivity (Wildman–Crippen MR) is 82.8 cm³/mol. The second kappa shape index (κ2) is 6.98. The summed E-state index contributed by atoms with van der Waals surface area (Å²) in [5.41, 5.74) is 2.02. The van der Waals surface area contributed by atoms with Gasteiger partial charge in [0.25, 0.3) is 0 Å². The van der Waals surface area contributed by atoms with Crippen molar-refractivity contribution in [2.45, 2.75) is 19.4 Å². The molecule has 0 bridgehead atoms. The lowest BCUT2D eigenvalue weighted by atomic mass is 10.1. The number of aliphatic hydroxyl groups is 1. The number of ether oxygens (including phenoxy) is 1. The summed E-state index contributed by atoms with van der Waals surface area (Å²) in [7, 11) is 0. The van der Waals surface area contributed by atoms with E-state index in [1.807, 2.05) is 25.1 Å². The third-order valence-corrected chi connectivity index (χ3v) is 3.52. The molecule has 4 heteroatoms. The minimum Gasteiger partial charge on any atom is -0.491 e. The highest BCUT2D eigenvalue weighted by atomic mass is 35.5. The first-order valence-electron chi connectivity index (χ1n) is 6.36. The zero-order valence-corrected chi connectivity index (χ0v) is 12.7. The molecule has 2 aromatic rings. The first-order valence-corrected chi connectivity index (χ1v) is 7.11. The van der Waals surface area contributed by atoms with E-state index in [0.717, 1.165) is 11.1 Å². The molecule has 0 amide bonds. The van der Waals surface area contributed by atoms with Crippen LogP contribution in [-0.2, 0) is 6.42 Å². The first-order chi connectivity index (χ1) is 9.54. The van der Waals surface area contributed by atoms with E-state index < -0.39 is 6.10 Å². The van der Waals surface area contributed by atoms with Crippen LogP contribution in [0.5, 0.6) is 5.75 Å². The van der Waals surface area contributed by atoms with Crippen LogP contribution in [0.1, 0.15) is 11.1 Å². The number of halogens is 2. The third-order valence-electron chi connectivity index (χ3n) is 2.92. The Hall–Kier alpha value is -1.22. The molecule has 0 saturated heterocycles. The van der Waals surface area contributed by atoms with Gasteiger partial charge in [0.05, 0.1) is 6.10 Å². The van der Waals surface area contributed by atoms with Gasteiger partial charge in [-0.15, -0.1) is 0 Å². The Labute approximate surface area is 128 Å². The van der Waals surface area contributed by atoms with Gasteiger partial charge >= 0.3 is 0 Å². The number of hydrogen-bond donors (Lipinski definition) is 1. The van der Waals surface area contributed by atoms with Gasteiger partial charge in [0, 0.05) is 16.5 Å². The van der Waals surface area contributed by atoms with Gasteiger partial charge in [-0.25, -0.2) is 0 Å². The van der Waals surface area contributed by atoms with Crippen LogP contribution in [0.3, 0.4) is 0 Å². The molecular formula is C16H16Cl2O2. The Morgan fingerprint density at radius 3 is 2.45 bits per heavy atom. The Morgan fingerprint density at radius 2 is 1.80 bits per heavy atom. The number of benzene rings is 2. The topological polar surface area (TPSA) is 29.5 Å². The molecule has 2 rings (SSSR count). The fraction of sp³-hybridized carbons (Fsp3) is 0.250. The molecule has 0 saturated carbocycles. The molecule has 0 aliphatic rings. The third kappa shape index (κ3) is 4.41. The Balaban J connectivity index is 1.89. The van der Waals surface area contributed by atoms with E-state index in [1.165, 1.54) is 0 Å². The van der Waals surface area contributed by atoms with Crippen molar-refractivity contribution >= 4 is 23.2 Å². The summed E-state index contributed by atoms with van der Waals surface area (Å²) in [6, 6.07) is 12.9. The van der Waals surface area contributed by atoms with E-state index in [1.54, 1.807) is 24.3 Å². The highest BCUT2D eigenvalue weighted by Crippen LogP contribution is 2.20. The molecule has 106 valence electrons. The van der Waals surface area contributed by atoms with Crippen molar-refractivity contribution in [2.24, 2.45) is 0 Å². The molecule has 1 N–H and O–H groups in total. The average Bonchev–Trinajstić information content (AvgIpc) is 2.41. The maximum atomic E-state index is 10.0. The SMILES string of the molecule is Cc1ccc(CC(O)COc2ccc(Cl)cc2)c(Cl)c1. The van der Waals surface area contributed by atoms with Crippen molar-refractivity contribution in [3.8, 4) is 5.75 Å². The smallest absolute Gasteiger partial charge is 0.119 e. The molecule has 0 spiro atoms. The van der Waals surface area contributed by atoms with Gasteiger partial charge in [0.2, 0.25) is 0 Å². The number of rotatable bonds is 5. The van der Waals surface area contributed by atoms with E-state index in [-0.39, 0.29) is 6.61 Å². The van der Waals surface area contributed by atoms with Crippen molar-refractivity contribution in [1.82, 2.24) is 0 Å². The van der Waals surface area contributed by atoms with Crippen LogP contribution in [0, 0.1) is 6.92 Å². The van der Waals surface area contributed by atoms with Crippen molar-refractivity contribution < 1.29 is 9.84 Å². The zero-order valence-electron chi connectivity index (χ0n) is 11.1. The Bertz CT molecular complexity index is 567. The average molecular weight is 311 g/mol. The summed E-state index contributed by atoms with van der Waals surface area (Å²) in [5.74, 6) is 0.684. The van der Waals surface area contributed by atoms with Crippen LogP contribution in [0.4, 0.5) is 0 Å². The minimum atomic E-state index is -0.606. The number of aliphatic hydroxyl groups excluding tert-OH is 1. The molecule has 2 nitrogen and oxygen atoms in total. The Morgan fingerprint density at radius 1 is 1.10 bits per heavy atom. The minimum absolute atomic E-state index is 0.214. The van der Waals surface area contributed by atoms with E-state index >= 15 is 0 Å². The van der Waals surface area contributed by atoms with Crippen molar-refractivity contribution in [2.75, 3.05) is 6.61 Å². The lowest BCUT2D eigenvalue weighted by Gasteiger charge is -2.13. The standard InChI is InChI=1S/C16H16Cl2O2/c1-11-2-3-12(16(18)8-11)9-14(19)10-20-15-6-4-13(17)5-7-15/h2-8,14,19H,9-10H2,1H3. The van der Waals surface area contributed by atoms with Gasteiger partial charge in [0.1, 0.15) is 12.4 Å². The molecule has 1 unspecified atom stereocenters. The van der Waals surface area contributed by atoms with Gasteiger partial charge < -0.3 is 9.84 Å². The molecule has 0 aliphatic carbocycles. The molecule has 0 aliphatic heterocycles. The van der Waals surface area contributed by atoms with E-state index in [2.05, 4.69) is 0 Å². The first kappa shape index (κ1) is 15.2. The lowest BCUT2D eigenvalue weighted by Crippen LogP contribution is -2.20. The Kier molecular flexibility index (Phi) is 5.30. The molecular weight excluding hydrogens is 295 g/mol. The lowest BCUT2D eigenvalue weighted by molar-refractivity contribution is 0.108. The van der Waals surface area contributed by atoms with Crippen LogP contribution in [0.2, 0.25) is 10.0 Å². The second-order valence-corrected chi connectivity index (χ2v) is 5.56. The maximum Gasteiger partial charge on any atom is 0.119 e. The highest BCUT2D eigenvalue weighted by molar-refractivity contribution is 6.31. The van der Waals surface area contributed by atoms with Gasteiger partial charge in [-0.2, -0.15) is 0 Å². The van der Waals surface area contributed by atoms with Crippen molar-refractivity contribution in [3.05, 3.63) is 63.6 Å². The number of aryl methyl sites for hydroxylation is 1. The molecule has 2 aromatic carbocycles. The van der Waals surface area contributed by atoms with E-state index in [4.69, 9.17) is 27.9 Å². The highest BCUT2D eigenvalue weighted by Gasteiger charge is 2.09. The van der Waals surface area contributed by atoms with Crippen LogP contribution in [-0.4, -0.2) is 17.8 Å². The van der Waals surface area contributed by atoms with Gasteiger partial charge in [-0.3, -0.25) is 0 Å². The van der Waals surface area contributed by atoms with Gasteiger partial charge in [-0.05, 0) is 48.4 Å². The molecule has 20 heavy (non-hydrogen) atoms. The molecule has 0 fully saturated rings. The summed E-state index contributed by atoms with van der Waals surface area (Å²) in [6.07, 6.45) is -0.141. The normalized spacial score (nSPS) is 12.2. The largest absolute Gasteiger partial charge is 0.491 e. The molecule has 1 atom stereocenters. The fourth-order valence-electron chi connectivity index (χ4n) is 1.85. The summed E-state index contributed by atoms with van der Waals surface area (Å²) in [4.78, 5) is 0. The molecule has 0 heterocycles. The van der Waals surface area contributed by atoms with Crippen molar-refractivity contribution in [3.63, 3.8) is 0 Å². The maximum absolute atomic E-state index is 10.0. The van der Waals surface area contributed by atoms with Crippen LogP contribution in [0.15, 0.2) is 42.5 Å². The summed E-state index contributed by atoms with van der Waals surface area (Å²) in [5, 5.41) is 11.3. The quantitative estimate of drug-likeness (QED) is 0.893. The van der Waals surface area contributed by atoms with Gasteiger partial charge in [-0.1, -0.05) is 35.3 Å². The monoisotopic (exact) mass is 310 g/mol. The number of hydrogen-bond acceptors (Lipinski definition) is 2. The fourth-order valence-corrected chi connectivity index (χ4v) is 2.29. The van der Waals surface area contributed by atoms with Crippen LogP contribution < -0.4 is 4.74 Å². The van der Waals surface area contributed by atoms with E-state index in [9.17, 15) is 5.11 Å². The van der Waals surface area contributed by atoms with Crippen LogP contribution >= 0.6 is 23.2 Å². The summed E-state index contributed by atoms with van der Waals surface area (Å²) < 4.78 is 5.51. The summed E-state index contributed by atoms with van der Waals surface area (Å²) >= 11 is 11.9. The van der Waals surface area contributed by atoms with Gasteiger partial charge in [0.15, 0.2) is 0 Å². The molecule has 0 aromatic heterocycles.